The van der Waals surface area contributed by atoms with Gasteiger partial charge in [0.25, 0.3) is 0 Å². The molecule has 2 aromatic carbocycles. The Morgan fingerprint density at radius 3 is 2.61 bits per heavy atom. The molecule has 2 fully saturated rings. The SMILES string of the molecule is COc1cc(O)c(-c2nc3ccc(N4CC5(CN(C)C5)C4)cc3[nH]2)cc1CCC(C)C. The van der Waals surface area contributed by atoms with Gasteiger partial charge in [-0.2, -0.15) is 0 Å². The molecule has 2 saturated heterocycles. The molecule has 1 aromatic heterocycles. The number of ether oxygens (including phenoxy) is 1. The van der Waals surface area contributed by atoms with E-state index in [1.54, 1.807) is 13.2 Å². The van der Waals surface area contributed by atoms with Crippen LogP contribution in [0.3, 0.4) is 0 Å². The van der Waals surface area contributed by atoms with Crippen LogP contribution in [0.15, 0.2) is 30.3 Å². The van der Waals surface area contributed by atoms with Crippen LogP contribution in [0.5, 0.6) is 11.5 Å². The van der Waals surface area contributed by atoms with Gasteiger partial charge in [0.15, 0.2) is 0 Å². The maximum Gasteiger partial charge on any atom is 0.142 e. The summed E-state index contributed by atoms with van der Waals surface area (Å²) in [6, 6.07) is 10.1. The predicted octanol–water partition coefficient (Wildman–Crippen LogP) is 4.28. The number of benzene rings is 2. The molecule has 0 unspecified atom stereocenters. The van der Waals surface area contributed by atoms with Gasteiger partial charge in [-0.1, -0.05) is 13.8 Å². The average molecular weight is 421 g/mol. The number of hydrogen-bond donors (Lipinski definition) is 2. The first-order chi connectivity index (χ1) is 14.9. The number of aromatic hydroxyl groups is 1. The van der Waals surface area contributed by atoms with Crippen molar-refractivity contribution < 1.29 is 9.84 Å². The van der Waals surface area contributed by atoms with Crippen molar-refractivity contribution in [2.24, 2.45) is 11.3 Å². The van der Waals surface area contributed by atoms with E-state index in [0.29, 0.717) is 17.2 Å². The molecule has 3 heterocycles. The Morgan fingerprint density at radius 2 is 1.94 bits per heavy atom. The summed E-state index contributed by atoms with van der Waals surface area (Å²) in [6.07, 6.45) is 1.97. The van der Waals surface area contributed by atoms with Crippen LogP contribution >= 0.6 is 0 Å². The molecule has 0 amide bonds. The van der Waals surface area contributed by atoms with Crippen molar-refractivity contribution in [3.63, 3.8) is 0 Å². The molecular weight excluding hydrogens is 388 g/mol. The number of hydrogen-bond acceptors (Lipinski definition) is 5. The lowest BCUT2D eigenvalue weighted by atomic mass is 9.73. The van der Waals surface area contributed by atoms with Crippen molar-refractivity contribution >= 4 is 16.7 Å². The van der Waals surface area contributed by atoms with Crippen LogP contribution in [0.1, 0.15) is 25.8 Å². The summed E-state index contributed by atoms with van der Waals surface area (Å²) in [4.78, 5) is 13.0. The number of fused-ring (bicyclic) bond motifs is 1. The minimum absolute atomic E-state index is 0.184. The summed E-state index contributed by atoms with van der Waals surface area (Å²) in [5, 5.41) is 10.7. The molecule has 0 atom stereocenters. The number of anilines is 1. The Morgan fingerprint density at radius 1 is 1.16 bits per heavy atom. The van der Waals surface area contributed by atoms with Crippen LogP contribution in [0.25, 0.3) is 22.4 Å². The first-order valence-corrected chi connectivity index (χ1v) is 11.2. The van der Waals surface area contributed by atoms with Gasteiger partial charge in [0.05, 0.1) is 23.7 Å². The van der Waals surface area contributed by atoms with E-state index >= 15 is 0 Å². The molecule has 0 bridgehead atoms. The number of imidazole rings is 1. The summed E-state index contributed by atoms with van der Waals surface area (Å²) < 4.78 is 5.51. The summed E-state index contributed by atoms with van der Waals surface area (Å²) in [7, 11) is 3.84. The van der Waals surface area contributed by atoms with Gasteiger partial charge >= 0.3 is 0 Å². The van der Waals surface area contributed by atoms with Crippen LogP contribution in [0.4, 0.5) is 5.69 Å². The molecule has 6 heteroatoms. The van der Waals surface area contributed by atoms with Crippen LogP contribution in [0.2, 0.25) is 0 Å². The third kappa shape index (κ3) is 3.63. The molecule has 1 spiro atoms. The van der Waals surface area contributed by atoms with Crippen molar-refractivity contribution in [3.05, 3.63) is 35.9 Å². The minimum atomic E-state index is 0.184. The van der Waals surface area contributed by atoms with E-state index in [1.807, 2.05) is 6.07 Å². The first-order valence-electron chi connectivity index (χ1n) is 11.2. The smallest absolute Gasteiger partial charge is 0.142 e. The molecule has 0 radical (unpaired) electrons. The fraction of sp³-hybridized carbons (Fsp3) is 0.480. The summed E-state index contributed by atoms with van der Waals surface area (Å²) >= 11 is 0. The lowest BCUT2D eigenvalue weighted by Gasteiger charge is -2.60. The second kappa shape index (κ2) is 7.45. The lowest BCUT2D eigenvalue weighted by Crippen LogP contribution is -2.71. The molecule has 6 nitrogen and oxygen atoms in total. The van der Waals surface area contributed by atoms with Crippen LogP contribution in [-0.4, -0.2) is 60.3 Å². The van der Waals surface area contributed by atoms with E-state index in [1.165, 1.54) is 18.8 Å². The molecule has 164 valence electrons. The zero-order valence-corrected chi connectivity index (χ0v) is 18.9. The second-order valence-electron chi connectivity index (χ2n) is 9.93. The Bertz CT molecular complexity index is 1110. The lowest BCUT2D eigenvalue weighted by molar-refractivity contribution is -0.00237. The van der Waals surface area contributed by atoms with Crippen molar-refractivity contribution in [3.8, 4) is 22.9 Å². The van der Waals surface area contributed by atoms with Crippen LogP contribution in [0, 0.1) is 11.3 Å². The van der Waals surface area contributed by atoms with Crippen molar-refractivity contribution in [1.29, 1.82) is 0 Å². The van der Waals surface area contributed by atoms with Gasteiger partial charge in [-0.25, -0.2) is 4.98 Å². The van der Waals surface area contributed by atoms with Gasteiger partial charge in [0.1, 0.15) is 17.3 Å². The minimum Gasteiger partial charge on any atom is -0.507 e. The topological polar surface area (TPSA) is 64.6 Å². The standard InChI is InChI=1S/C25H32N4O2/c1-16(2)5-6-17-9-19(22(30)11-23(17)31-4)24-26-20-8-7-18(10-21(20)27-24)29-14-25(15-29)12-28(3)13-25/h7-11,16,30H,5-6,12-15H2,1-4H3,(H,26,27). The van der Waals surface area contributed by atoms with Crippen LogP contribution < -0.4 is 9.64 Å². The molecule has 3 aromatic rings. The first kappa shape index (κ1) is 20.2. The van der Waals surface area contributed by atoms with Crippen molar-refractivity contribution in [1.82, 2.24) is 14.9 Å². The number of aryl methyl sites for hydroxylation is 1. The Hall–Kier alpha value is -2.73. The van der Waals surface area contributed by atoms with E-state index in [-0.39, 0.29) is 5.75 Å². The monoisotopic (exact) mass is 420 g/mol. The van der Waals surface area contributed by atoms with Crippen molar-refractivity contribution in [2.45, 2.75) is 26.7 Å². The highest BCUT2D eigenvalue weighted by Crippen LogP contribution is 2.42. The Labute approximate surface area is 183 Å². The zero-order valence-electron chi connectivity index (χ0n) is 18.9. The molecule has 0 aliphatic carbocycles. The average Bonchev–Trinajstić information content (AvgIpc) is 3.11. The maximum atomic E-state index is 10.7. The highest BCUT2D eigenvalue weighted by atomic mass is 16.5. The highest BCUT2D eigenvalue weighted by molar-refractivity contribution is 5.84. The normalized spacial score (nSPS) is 17.9. The van der Waals surface area contributed by atoms with E-state index in [0.717, 1.165) is 53.8 Å². The molecule has 5 rings (SSSR count). The third-order valence-electron chi connectivity index (χ3n) is 6.74. The third-order valence-corrected chi connectivity index (χ3v) is 6.74. The van der Waals surface area contributed by atoms with E-state index in [2.05, 4.69) is 53.9 Å². The number of methoxy groups -OCH3 is 1. The van der Waals surface area contributed by atoms with Gasteiger partial charge in [-0.05, 0) is 55.6 Å². The highest BCUT2D eigenvalue weighted by Gasteiger charge is 2.50. The molecule has 31 heavy (non-hydrogen) atoms. The number of aromatic nitrogens is 2. The van der Waals surface area contributed by atoms with Gasteiger partial charge < -0.3 is 24.6 Å². The summed E-state index contributed by atoms with van der Waals surface area (Å²) in [6.45, 7) is 9.10. The maximum absolute atomic E-state index is 10.7. The number of nitrogens with zero attached hydrogens (tertiary/aromatic N) is 3. The number of rotatable bonds is 6. The van der Waals surface area contributed by atoms with Gasteiger partial charge in [-0.15, -0.1) is 0 Å². The fourth-order valence-corrected chi connectivity index (χ4v) is 5.20. The number of phenols is 1. The number of phenolic OH excluding ortho intramolecular Hbond substituents is 1. The van der Waals surface area contributed by atoms with Crippen LogP contribution in [-0.2, 0) is 6.42 Å². The number of aromatic amines is 1. The largest absolute Gasteiger partial charge is 0.507 e. The van der Waals surface area contributed by atoms with E-state index in [4.69, 9.17) is 9.72 Å². The Kier molecular flexibility index (Phi) is 4.85. The molecular formula is C25H32N4O2. The summed E-state index contributed by atoms with van der Waals surface area (Å²) in [5.41, 5.74) is 5.47. The van der Waals surface area contributed by atoms with Gasteiger partial charge in [0, 0.05) is 43.3 Å². The Balaban J connectivity index is 1.42. The predicted molar refractivity (Wildman–Crippen MR) is 125 cm³/mol. The quantitative estimate of drug-likeness (QED) is 0.623. The molecule has 0 saturated carbocycles. The molecule has 2 aliphatic rings. The number of H-pyrrole nitrogens is 1. The second-order valence-corrected chi connectivity index (χ2v) is 9.93. The molecule has 2 aliphatic heterocycles. The summed E-state index contributed by atoms with van der Waals surface area (Å²) in [5.74, 6) is 2.21. The fourth-order valence-electron chi connectivity index (χ4n) is 5.20. The molecule has 2 N–H and O–H groups in total. The zero-order chi connectivity index (χ0) is 21.8. The number of nitrogens with one attached hydrogen (secondary N) is 1. The van der Waals surface area contributed by atoms with Crippen molar-refractivity contribution in [2.75, 3.05) is 45.2 Å². The van der Waals surface area contributed by atoms with Gasteiger partial charge in [-0.3, -0.25) is 0 Å². The van der Waals surface area contributed by atoms with Gasteiger partial charge in [0.2, 0.25) is 0 Å². The van der Waals surface area contributed by atoms with E-state index in [9.17, 15) is 5.11 Å². The number of likely N-dealkylation sites (tertiary alicyclic amines) is 1. The van der Waals surface area contributed by atoms with E-state index < -0.39 is 0 Å².